The molecule has 0 spiro atoms. The van der Waals surface area contributed by atoms with E-state index in [1.54, 1.807) is 0 Å². The highest BCUT2D eigenvalue weighted by Gasteiger charge is 2.62. The van der Waals surface area contributed by atoms with Crippen molar-refractivity contribution in [3.05, 3.63) is 0 Å². The highest BCUT2D eigenvalue weighted by atomic mass is 16.8. The molecule has 103 heavy (non-hydrogen) atoms. The molecular weight excluding hydrogens is 1410 g/mol. The molecule has 0 bridgehead atoms. The van der Waals surface area contributed by atoms with Crippen molar-refractivity contribution < 1.29 is 213 Å². The molecule has 9 aliphatic heterocycles. The van der Waals surface area contributed by atoms with Crippen LogP contribution in [0.15, 0.2) is 0 Å². The van der Waals surface area contributed by atoms with Crippen LogP contribution in [0.3, 0.4) is 0 Å². The maximum absolute atomic E-state index is 13.8. The molecule has 26 N–H and O–H groups in total. The van der Waals surface area contributed by atoms with Gasteiger partial charge in [0.1, 0.15) is 201 Å². The van der Waals surface area contributed by atoms with Crippen LogP contribution in [0.1, 0.15) is 34.6 Å². The molecule has 45 nitrogen and oxygen atoms in total. The van der Waals surface area contributed by atoms with Crippen molar-refractivity contribution >= 4 is 11.8 Å². The Balaban J connectivity index is 1.15. The summed E-state index contributed by atoms with van der Waals surface area (Å²) >= 11 is 0. The normalized spacial score (nSPS) is 52.3. The van der Waals surface area contributed by atoms with Crippen molar-refractivity contribution in [2.75, 3.05) is 39.6 Å². The van der Waals surface area contributed by atoms with Gasteiger partial charge in [0.25, 0.3) is 0 Å². The van der Waals surface area contributed by atoms with Crippen LogP contribution < -0.4 is 10.6 Å². The van der Waals surface area contributed by atoms with E-state index in [2.05, 4.69) is 10.6 Å². The summed E-state index contributed by atoms with van der Waals surface area (Å²) in [6, 6.07) is -3.93. The molecule has 0 aromatic heterocycles. The summed E-state index contributed by atoms with van der Waals surface area (Å²) in [5.41, 5.74) is 0. The summed E-state index contributed by atoms with van der Waals surface area (Å²) in [6.45, 7) is -1.29. The monoisotopic (exact) mass is 1510 g/mol. The summed E-state index contributed by atoms with van der Waals surface area (Å²) < 4.78 is 103. The van der Waals surface area contributed by atoms with Crippen molar-refractivity contribution in [1.82, 2.24) is 10.6 Å². The van der Waals surface area contributed by atoms with Gasteiger partial charge in [0.15, 0.2) is 56.6 Å². The van der Waals surface area contributed by atoms with Gasteiger partial charge in [-0.05, 0) is 20.8 Å². The number of nitrogens with one attached hydrogen (secondary N) is 2. The van der Waals surface area contributed by atoms with Crippen LogP contribution in [-0.2, 0) is 90.1 Å². The maximum atomic E-state index is 13.8. The average molecular weight is 1510 g/mol. The summed E-state index contributed by atoms with van der Waals surface area (Å²) in [4.78, 5) is 26.7. The lowest BCUT2D eigenvalue weighted by Gasteiger charge is -2.53. The molecular formula is C58H98N2O43. The predicted molar refractivity (Wildman–Crippen MR) is 316 cm³/mol. The number of ether oxygens (including phenoxy) is 17. The molecule has 1 unspecified atom stereocenters. The first-order valence-electron chi connectivity index (χ1n) is 33.2. The third-order valence-electron chi connectivity index (χ3n) is 19.5. The number of aliphatic hydroxyl groups excluding tert-OH is 24. The second-order valence-electron chi connectivity index (χ2n) is 26.6. The lowest BCUT2D eigenvalue weighted by molar-refractivity contribution is -0.414. The molecule has 9 aliphatic rings. The van der Waals surface area contributed by atoms with Gasteiger partial charge in [-0.2, -0.15) is 0 Å². The first kappa shape index (κ1) is 84.3. The van der Waals surface area contributed by atoms with Crippen molar-refractivity contribution in [3.8, 4) is 0 Å². The minimum Gasteiger partial charge on any atom is -0.394 e. The van der Waals surface area contributed by atoms with Gasteiger partial charge in [-0.1, -0.05) is 0 Å². The van der Waals surface area contributed by atoms with Gasteiger partial charge in [0.05, 0.1) is 58.0 Å². The van der Waals surface area contributed by atoms with Crippen LogP contribution in [-0.4, -0.2) is 450 Å². The lowest BCUT2D eigenvalue weighted by Crippen LogP contribution is -2.72. The summed E-state index contributed by atoms with van der Waals surface area (Å²) in [6.07, 6.45) is -88.1. The number of hydrogen-bond acceptors (Lipinski definition) is 43. The first-order valence-corrected chi connectivity index (χ1v) is 33.2. The van der Waals surface area contributed by atoms with E-state index < -0.39 is 328 Å². The van der Waals surface area contributed by atoms with E-state index in [-0.39, 0.29) is 0 Å². The zero-order valence-corrected chi connectivity index (χ0v) is 55.7. The Morgan fingerprint density at radius 3 is 0.942 bits per heavy atom. The molecule has 598 valence electrons. The van der Waals surface area contributed by atoms with E-state index in [1.165, 1.54) is 20.8 Å². The Kier molecular flexibility index (Phi) is 29.5. The molecule has 9 rings (SSSR count). The van der Waals surface area contributed by atoms with E-state index in [0.717, 1.165) is 13.8 Å². The zero-order valence-electron chi connectivity index (χ0n) is 55.7. The van der Waals surface area contributed by atoms with Crippen molar-refractivity contribution in [2.24, 2.45) is 0 Å². The Hall–Kier alpha value is -2.70. The SMILES string of the molecule is CC(=O)N[C@@H]1[C@@H](O[C@@H]2O[C@@H](C)[C@@H](O)[C@@H](O)[C@@H]2O)[C@H](O[C@@H]2O[C@H](CO)[C@@H](O[C@@H]3O[C@H](CO)[C@@H](O[C@@H]4O[C@H](CO)[C@H](O)[C@H](O)[C@H]4O[C@@H]4O[C@@H](C)[C@@H](O)[C@@H](O)[C@@H]4O)[C@H](O[C@H]4O[C@H](CO)[C@@H](O)[C@H](O)[C@@H]4O)[C@@H]3O)[C@H](O[C@@H]3O[C@@H](C)[C@@H](O)[C@@H](O)[C@@H]3OC3O[C@H](CO)[C@H](O)[C@H](O)[C@H]3O)[C@H]2NC(C)=O)[C@@H](CO)O[C@H]1O. The average Bonchev–Trinajstić information content (AvgIpc) is 0.759. The number of rotatable bonds is 24. The van der Waals surface area contributed by atoms with Crippen LogP contribution in [0.25, 0.3) is 0 Å². The molecule has 45 heteroatoms. The minimum atomic E-state index is -2.59. The van der Waals surface area contributed by atoms with Crippen molar-refractivity contribution in [2.45, 2.75) is 311 Å². The van der Waals surface area contributed by atoms with Crippen LogP contribution in [0.2, 0.25) is 0 Å². The van der Waals surface area contributed by atoms with Gasteiger partial charge >= 0.3 is 0 Å². The molecule has 9 heterocycles. The van der Waals surface area contributed by atoms with E-state index in [1.807, 2.05) is 0 Å². The number of hydrogen-bond donors (Lipinski definition) is 26. The Bertz CT molecular complexity index is 2660. The third-order valence-corrected chi connectivity index (χ3v) is 19.5. The summed E-state index contributed by atoms with van der Waals surface area (Å²) in [7, 11) is 0. The van der Waals surface area contributed by atoms with Gasteiger partial charge in [0, 0.05) is 13.8 Å². The Labute approximate surface area is 584 Å². The quantitative estimate of drug-likeness (QED) is 0.0427. The van der Waals surface area contributed by atoms with Crippen LogP contribution >= 0.6 is 0 Å². The fourth-order valence-electron chi connectivity index (χ4n) is 13.6. The molecule has 0 aliphatic carbocycles. The molecule has 0 aromatic rings. The van der Waals surface area contributed by atoms with Gasteiger partial charge < -0.3 is 214 Å². The smallest absolute Gasteiger partial charge is 0.217 e. The predicted octanol–water partition coefficient (Wildman–Crippen LogP) is -17.3. The molecule has 45 atom stereocenters. The number of carbonyl (C=O) groups excluding carboxylic acids is 2. The molecule has 9 saturated heterocycles. The van der Waals surface area contributed by atoms with Gasteiger partial charge in [-0.15, -0.1) is 0 Å². The molecule has 0 aromatic carbocycles. The number of aliphatic hydroxyl groups is 24. The topological polar surface area (TPSA) is 701 Å². The lowest BCUT2D eigenvalue weighted by atomic mass is 9.92. The molecule has 0 radical (unpaired) electrons. The van der Waals surface area contributed by atoms with Crippen molar-refractivity contribution in [3.63, 3.8) is 0 Å². The number of carbonyl (C=O) groups is 2. The first-order chi connectivity index (χ1) is 48.6. The standard InChI is InChI=1S/C58H98N2O43/c1-12-25(69)31(75)37(81)52(87-12)99-45-23(59-15(4)67)50(86)90-20(9-64)42(45)96-51-24(60-16(5)68)46(100-57-48(35(79)27(71)14(3)89-57)103-55-40(84)34(78)29(73)18(7-62)92-55)43(21(10-65)94-51)97-56-41(85)47(101-54-39(83)33(77)28(72)17(6-61)91-54)44(22(11-66)95-56)98-58-49(36(80)30(74)19(8-63)93-58)102-53-38(82)32(76)26(70)13(2)88-53/h12-14,17-58,61-66,69-86H,6-11H2,1-5H3,(H,59,67)(H,60,68)/t12-,13-,14-,17+,18+,19+,20+,21+,22+,23+,24+,25+,26+,27+,28+,29-,30-,31+,32+,33-,34-,35+,36-,37-,38-,39-,40+,41-,42+,43+,44+,45+,46+,47+,48-,49+,50+,51-,52-,53-,54+,55?,56-,57-,58-/m0/s1. The largest absolute Gasteiger partial charge is 0.394 e. The second-order valence-corrected chi connectivity index (χ2v) is 26.6. The van der Waals surface area contributed by atoms with E-state index in [0.29, 0.717) is 0 Å². The molecule has 2 amide bonds. The van der Waals surface area contributed by atoms with Crippen LogP contribution in [0.4, 0.5) is 0 Å². The van der Waals surface area contributed by atoms with E-state index >= 15 is 0 Å². The Morgan fingerprint density at radius 1 is 0.252 bits per heavy atom. The zero-order chi connectivity index (χ0) is 75.8. The maximum Gasteiger partial charge on any atom is 0.217 e. The fraction of sp³-hybridized carbons (Fsp3) is 0.966. The van der Waals surface area contributed by atoms with Crippen molar-refractivity contribution in [1.29, 1.82) is 0 Å². The van der Waals surface area contributed by atoms with Gasteiger partial charge in [-0.3, -0.25) is 9.59 Å². The highest BCUT2D eigenvalue weighted by molar-refractivity contribution is 5.73. The highest BCUT2D eigenvalue weighted by Crippen LogP contribution is 2.42. The van der Waals surface area contributed by atoms with E-state index in [9.17, 15) is 132 Å². The number of amides is 2. The van der Waals surface area contributed by atoms with Crippen LogP contribution in [0, 0.1) is 0 Å². The molecule has 9 fully saturated rings. The fourth-order valence-corrected chi connectivity index (χ4v) is 13.6. The minimum absolute atomic E-state index is 0.877. The third kappa shape index (κ3) is 17.9. The molecule has 0 saturated carbocycles. The Morgan fingerprint density at radius 2 is 0.505 bits per heavy atom. The summed E-state index contributed by atoms with van der Waals surface area (Å²) in [5.74, 6) is -1.92. The van der Waals surface area contributed by atoms with Gasteiger partial charge in [-0.25, -0.2) is 0 Å². The second kappa shape index (κ2) is 36.0. The van der Waals surface area contributed by atoms with Crippen LogP contribution in [0.5, 0.6) is 0 Å². The summed E-state index contributed by atoms with van der Waals surface area (Å²) in [5, 5.41) is 270. The van der Waals surface area contributed by atoms with Gasteiger partial charge in [0.2, 0.25) is 11.8 Å². The van der Waals surface area contributed by atoms with E-state index in [4.69, 9.17) is 80.5 Å².